The summed E-state index contributed by atoms with van der Waals surface area (Å²) in [6.45, 7) is 0. The number of thiocarbonyl (C=S) groups is 1. The van der Waals surface area contributed by atoms with E-state index >= 15 is 0 Å². The molecule has 0 fully saturated rings. The highest BCUT2D eigenvalue weighted by molar-refractivity contribution is 7.80. The smallest absolute Gasteiger partial charge is 0.201 e. The number of hydrogen-bond acceptors (Lipinski definition) is 5. The van der Waals surface area contributed by atoms with Crippen molar-refractivity contribution in [1.29, 1.82) is 0 Å². The lowest BCUT2D eigenvalue weighted by atomic mass is 10.2. The number of hydrazine groups is 1. The van der Waals surface area contributed by atoms with Crippen LogP contribution in [-0.4, -0.2) is 21.5 Å². The van der Waals surface area contributed by atoms with Crippen LogP contribution in [-0.2, 0) is 0 Å². The highest BCUT2D eigenvalue weighted by Crippen LogP contribution is 2.20. The van der Waals surface area contributed by atoms with E-state index in [1.807, 2.05) is 0 Å². The molecule has 0 aliphatic heterocycles. The van der Waals surface area contributed by atoms with Gasteiger partial charge in [-0.25, -0.2) is 5.84 Å². The molecule has 0 aliphatic rings. The lowest BCUT2D eigenvalue weighted by molar-refractivity contribution is 0.450. The summed E-state index contributed by atoms with van der Waals surface area (Å²) in [5, 5.41) is 22.2. The van der Waals surface area contributed by atoms with Crippen molar-refractivity contribution in [3.63, 3.8) is 0 Å². The molecule has 0 radical (unpaired) electrons. The average molecular weight is 226 g/mol. The van der Waals surface area contributed by atoms with Crippen molar-refractivity contribution in [2.75, 3.05) is 0 Å². The molecule has 7 heteroatoms. The maximum atomic E-state index is 9.36. The van der Waals surface area contributed by atoms with Crippen LogP contribution in [0.1, 0.15) is 5.56 Å². The molecule has 0 atom stereocenters. The summed E-state index contributed by atoms with van der Waals surface area (Å²) in [6.07, 6.45) is 1.35. The second-order valence-corrected chi connectivity index (χ2v) is 2.99. The number of hydrogen-bond donors (Lipinski definition) is 5. The van der Waals surface area contributed by atoms with Crippen LogP contribution in [0.5, 0.6) is 11.5 Å². The predicted molar refractivity (Wildman–Crippen MR) is 60.4 cm³/mol. The van der Waals surface area contributed by atoms with E-state index in [-0.39, 0.29) is 16.6 Å². The Morgan fingerprint density at radius 1 is 1.47 bits per heavy atom. The van der Waals surface area contributed by atoms with E-state index in [1.54, 1.807) is 0 Å². The minimum atomic E-state index is -0.0767. The van der Waals surface area contributed by atoms with Crippen molar-refractivity contribution >= 4 is 23.5 Å². The number of hydrazone groups is 1. The Morgan fingerprint density at radius 2 is 2.20 bits per heavy atom. The van der Waals surface area contributed by atoms with E-state index in [0.29, 0.717) is 5.56 Å². The molecule has 15 heavy (non-hydrogen) atoms. The maximum absolute atomic E-state index is 9.36. The van der Waals surface area contributed by atoms with Crippen LogP contribution in [0, 0.1) is 0 Å². The Kier molecular flexibility index (Phi) is 3.83. The Morgan fingerprint density at radius 3 is 2.80 bits per heavy atom. The molecular formula is C8H10N4O2S. The normalized spacial score (nSPS) is 10.2. The van der Waals surface area contributed by atoms with Crippen molar-refractivity contribution in [2.45, 2.75) is 0 Å². The van der Waals surface area contributed by atoms with Crippen molar-refractivity contribution in [1.82, 2.24) is 10.9 Å². The van der Waals surface area contributed by atoms with Gasteiger partial charge in [0.25, 0.3) is 0 Å². The fraction of sp³-hybridized carbons (Fsp3) is 0. The Bertz CT molecular complexity index is 394. The number of nitrogens with two attached hydrogens (primary N) is 1. The first kappa shape index (κ1) is 11.2. The number of nitrogens with zero attached hydrogens (tertiary/aromatic N) is 1. The zero-order valence-electron chi connectivity index (χ0n) is 7.64. The summed E-state index contributed by atoms with van der Waals surface area (Å²) < 4.78 is 0. The third-order valence-corrected chi connectivity index (χ3v) is 1.72. The van der Waals surface area contributed by atoms with E-state index in [1.165, 1.54) is 24.4 Å². The van der Waals surface area contributed by atoms with Crippen LogP contribution in [0.15, 0.2) is 23.3 Å². The monoisotopic (exact) mass is 226 g/mol. The molecule has 6 nitrogen and oxygen atoms in total. The third-order valence-electron chi connectivity index (χ3n) is 1.51. The number of phenolic OH excluding ortho intramolecular Hbond substituents is 2. The topological polar surface area (TPSA) is 103 Å². The zero-order chi connectivity index (χ0) is 11.3. The van der Waals surface area contributed by atoms with Gasteiger partial charge in [0, 0.05) is 11.6 Å². The molecule has 0 amide bonds. The lowest BCUT2D eigenvalue weighted by Gasteiger charge is -2.01. The maximum Gasteiger partial charge on any atom is 0.201 e. The molecule has 0 spiro atoms. The molecule has 0 aliphatic carbocycles. The number of rotatable bonds is 2. The molecule has 80 valence electrons. The molecular weight excluding hydrogens is 216 g/mol. The van der Waals surface area contributed by atoms with Crippen molar-refractivity contribution in [2.24, 2.45) is 10.9 Å². The molecule has 1 aromatic rings. The molecule has 1 aromatic carbocycles. The number of aromatic hydroxyl groups is 2. The molecule has 0 saturated heterocycles. The van der Waals surface area contributed by atoms with Gasteiger partial charge in [0.15, 0.2) is 0 Å². The average Bonchev–Trinajstić information content (AvgIpc) is 2.21. The van der Waals surface area contributed by atoms with Gasteiger partial charge in [-0.3, -0.25) is 10.9 Å². The molecule has 0 heterocycles. The Hall–Kier alpha value is -1.86. The van der Waals surface area contributed by atoms with Gasteiger partial charge < -0.3 is 10.2 Å². The summed E-state index contributed by atoms with van der Waals surface area (Å²) >= 11 is 4.66. The van der Waals surface area contributed by atoms with E-state index in [0.717, 1.165) is 0 Å². The van der Waals surface area contributed by atoms with Crippen molar-refractivity contribution < 1.29 is 10.2 Å². The summed E-state index contributed by atoms with van der Waals surface area (Å²) in [6, 6.07) is 4.15. The predicted octanol–water partition coefficient (Wildman–Crippen LogP) is -0.231. The van der Waals surface area contributed by atoms with Gasteiger partial charge in [0.1, 0.15) is 11.5 Å². The first-order valence-corrected chi connectivity index (χ1v) is 4.36. The largest absolute Gasteiger partial charge is 0.508 e. The lowest BCUT2D eigenvalue weighted by Crippen LogP contribution is -2.37. The van der Waals surface area contributed by atoms with Gasteiger partial charge in [-0.2, -0.15) is 5.10 Å². The van der Waals surface area contributed by atoms with E-state index < -0.39 is 0 Å². The van der Waals surface area contributed by atoms with Crippen LogP contribution in [0.4, 0.5) is 0 Å². The molecule has 0 saturated carbocycles. The number of benzene rings is 1. The highest BCUT2D eigenvalue weighted by atomic mass is 32.1. The van der Waals surface area contributed by atoms with E-state index in [9.17, 15) is 5.11 Å². The van der Waals surface area contributed by atoms with Gasteiger partial charge in [0.05, 0.1) is 6.21 Å². The van der Waals surface area contributed by atoms with E-state index in [4.69, 9.17) is 10.9 Å². The summed E-state index contributed by atoms with van der Waals surface area (Å²) in [4.78, 5) is 0. The molecule has 1 rings (SSSR count). The second-order valence-electron chi connectivity index (χ2n) is 2.59. The molecule has 6 N–H and O–H groups in total. The van der Waals surface area contributed by atoms with Gasteiger partial charge in [-0.1, -0.05) is 0 Å². The quantitative estimate of drug-likeness (QED) is 0.206. The van der Waals surface area contributed by atoms with Crippen LogP contribution in [0.3, 0.4) is 0 Å². The van der Waals surface area contributed by atoms with Crippen LogP contribution in [0.2, 0.25) is 0 Å². The summed E-state index contributed by atoms with van der Waals surface area (Å²) in [7, 11) is 0. The van der Waals surface area contributed by atoms with E-state index in [2.05, 4.69) is 28.2 Å². The van der Waals surface area contributed by atoms with Gasteiger partial charge in [0.2, 0.25) is 5.11 Å². The Balaban J connectivity index is 2.68. The molecule has 0 unspecified atom stereocenters. The summed E-state index contributed by atoms with van der Waals surface area (Å²) in [5.74, 6) is 4.90. The fourth-order valence-corrected chi connectivity index (χ4v) is 0.887. The number of phenols is 2. The Labute approximate surface area is 91.4 Å². The SMILES string of the molecule is NNC(=S)NN=Cc1ccc(O)cc1O. The van der Waals surface area contributed by atoms with Crippen molar-refractivity contribution in [3.8, 4) is 11.5 Å². The standard InChI is InChI=1S/C8H10N4O2S/c9-11-8(15)12-10-4-5-1-2-6(13)3-7(5)14/h1-4,13-14H,9H2,(H2,11,12,15). The summed E-state index contributed by atoms with van der Waals surface area (Å²) in [5.41, 5.74) is 5.04. The highest BCUT2D eigenvalue weighted by Gasteiger charge is 1.98. The van der Waals surface area contributed by atoms with Crippen LogP contribution in [0.25, 0.3) is 0 Å². The van der Waals surface area contributed by atoms with Gasteiger partial charge in [-0.15, -0.1) is 0 Å². The van der Waals surface area contributed by atoms with Gasteiger partial charge in [-0.05, 0) is 24.4 Å². The van der Waals surface area contributed by atoms with Crippen molar-refractivity contribution in [3.05, 3.63) is 23.8 Å². The minimum Gasteiger partial charge on any atom is -0.508 e. The second kappa shape index (κ2) is 5.13. The van der Waals surface area contributed by atoms with Crippen LogP contribution >= 0.6 is 12.2 Å². The minimum absolute atomic E-state index is 0.0169. The fourth-order valence-electron chi connectivity index (χ4n) is 0.834. The first-order chi connectivity index (χ1) is 7.13. The first-order valence-electron chi connectivity index (χ1n) is 3.95. The molecule has 0 aromatic heterocycles. The molecule has 0 bridgehead atoms. The van der Waals surface area contributed by atoms with Gasteiger partial charge >= 0.3 is 0 Å². The third kappa shape index (κ3) is 3.41. The van der Waals surface area contributed by atoms with Crippen LogP contribution < -0.4 is 16.7 Å². The zero-order valence-corrected chi connectivity index (χ0v) is 8.45. The number of nitrogens with one attached hydrogen (secondary N) is 2.